The first-order valence-corrected chi connectivity index (χ1v) is 10.8. The van der Waals surface area contributed by atoms with Crippen LogP contribution in [0.15, 0.2) is 60.7 Å². The Morgan fingerprint density at radius 2 is 1.82 bits per heavy atom. The number of rotatable bonds is 6. The molecule has 0 radical (unpaired) electrons. The summed E-state index contributed by atoms with van der Waals surface area (Å²) in [5, 5.41) is 9.40. The lowest BCUT2D eigenvalue weighted by molar-refractivity contribution is -0.139. The van der Waals surface area contributed by atoms with Crippen molar-refractivity contribution in [3.63, 3.8) is 0 Å². The zero-order valence-electron chi connectivity index (χ0n) is 17.8. The van der Waals surface area contributed by atoms with E-state index >= 15 is 0 Å². The van der Waals surface area contributed by atoms with Crippen LogP contribution in [0.3, 0.4) is 0 Å². The minimum Gasteiger partial charge on any atom is -0.482 e. The molecule has 34 heavy (non-hydrogen) atoms. The molecule has 1 unspecified atom stereocenters. The average molecular weight is 488 g/mol. The maximum absolute atomic E-state index is 13.9. The molecule has 0 saturated carbocycles. The lowest BCUT2D eigenvalue weighted by Crippen LogP contribution is -2.41. The van der Waals surface area contributed by atoms with Gasteiger partial charge in [0.2, 0.25) is 0 Å². The third kappa shape index (κ3) is 5.28. The van der Waals surface area contributed by atoms with Gasteiger partial charge in [-0.1, -0.05) is 29.8 Å². The number of carbonyl (C=O) groups is 2. The van der Waals surface area contributed by atoms with Gasteiger partial charge in [0.25, 0.3) is 0 Å². The molecule has 1 aliphatic heterocycles. The number of benzene rings is 3. The Bertz CT molecular complexity index is 1240. The molecule has 0 aromatic heterocycles. The Kier molecular flexibility index (Phi) is 6.98. The van der Waals surface area contributed by atoms with Gasteiger partial charge in [-0.05, 0) is 65.6 Å². The zero-order chi connectivity index (χ0) is 24.2. The van der Waals surface area contributed by atoms with Crippen molar-refractivity contribution in [2.75, 3.05) is 13.2 Å². The third-order valence-electron chi connectivity index (χ3n) is 5.44. The van der Waals surface area contributed by atoms with Crippen molar-refractivity contribution in [3.8, 4) is 5.75 Å². The quantitative estimate of drug-likeness (QED) is 0.506. The molecule has 1 heterocycles. The number of fused-ring (bicyclic) bond motifs is 1. The highest BCUT2D eigenvalue weighted by atomic mass is 35.5. The molecule has 6 nitrogen and oxygen atoms in total. The molecule has 1 amide bonds. The van der Waals surface area contributed by atoms with Crippen molar-refractivity contribution >= 4 is 23.7 Å². The zero-order valence-corrected chi connectivity index (χ0v) is 18.6. The van der Waals surface area contributed by atoms with Crippen LogP contribution in [0.1, 0.15) is 28.3 Å². The first-order chi connectivity index (χ1) is 16.3. The maximum Gasteiger partial charge on any atom is 0.410 e. The van der Waals surface area contributed by atoms with E-state index in [-0.39, 0.29) is 18.9 Å². The van der Waals surface area contributed by atoms with Crippen LogP contribution < -0.4 is 4.74 Å². The van der Waals surface area contributed by atoms with Crippen LogP contribution >= 0.6 is 11.6 Å². The standard InChI is InChI=1S/C25H20ClF2NO5/c26-17-4-7-22(33-14-23(30)31)21(12-17)24-20-6-5-19(28)11-16(20)8-9-29(24)25(32)34-13-15-2-1-3-18(27)10-15/h1-7,10-12,24H,8-9,13-14H2,(H,30,31). The molecule has 3 aromatic rings. The van der Waals surface area contributed by atoms with Gasteiger partial charge in [-0.25, -0.2) is 18.4 Å². The van der Waals surface area contributed by atoms with Crippen molar-refractivity contribution < 1.29 is 33.0 Å². The van der Waals surface area contributed by atoms with Crippen molar-refractivity contribution in [1.82, 2.24) is 4.90 Å². The van der Waals surface area contributed by atoms with Crippen LogP contribution in [0.25, 0.3) is 0 Å². The summed E-state index contributed by atoms with van der Waals surface area (Å²) in [6.45, 7) is -0.538. The number of hydrogen-bond acceptors (Lipinski definition) is 4. The second-order valence-corrected chi connectivity index (χ2v) is 8.17. The van der Waals surface area contributed by atoms with Gasteiger partial charge in [0.15, 0.2) is 6.61 Å². The summed E-state index contributed by atoms with van der Waals surface area (Å²) < 4.78 is 38.3. The van der Waals surface area contributed by atoms with Crippen LogP contribution in [0.2, 0.25) is 5.02 Å². The fraction of sp³-hybridized carbons (Fsp3) is 0.200. The first-order valence-electron chi connectivity index (χ1n) is 10.4. The number of nitrogens with zero attached hydrogens (tertiary/aromatic N) is 1. The molecule has 0 aliphatic carbocycles. The number of halogens is 3. The molecule has 3 aromatic carbocycles. The molecule has 1 aliphatic rings. The molecule has 0 spiro atoms. The van der Waals surface area contributed by atoms with Gasteiger partial charge >= 0.3 is 12.1 Å². The minimum atomic E-state index is -1.17. The number of carboxylic acids is 1. The van der Waals surface area contributed by atoms with Crippen LogP contribution in [0, 0.1) is 11.6 Å². The highest BCUT2D eigenvalue weighted by molar-refractivity contribution is 6.30. The molecule has 4 rings (SSSR count). The van der Waals surface area contributed by atoms with E-state index in [9.17, 15) is 18.4 Å². The molecule has 1 N–H and O–H groups in total. The van der Waals surface area contributed by atoms with E-state index in [0.717, 1.165) is 0 Å². The molecule has 0 bridgehead atoms. The van der Waals surface area contributed by atoms with Crippen molar-refractivity contribution in [2.45, 2.75) is 19.1 Å². The van der Waals surface area contributed by atoms with Gasteiger partial charge in [-0.15, -0.1) is 0 Å². The van der Waals surface area contributed by atoms with Crippen molar-refractivity contribution in [1.29, 1.82) is 0 Å². The van der Waals surface area contributed by atoms with E-state index in [1.165, 1.54) is 41.3 Å². The maximum atomic E-state index is 13.9. The van der Waals surface area contributed by atoms with Crippen molar-refractivity contribution in [2.24, 2.45) is 0 Å². The number of ether oxygens (including phenoxy) is 2. The Hall–Kier alpha value is -3.65. The summed E-state index contributed by atoms with van der Waals surface area (Å²) in [5.41, 5.74) is 2.25. The topological polar surface area (TPSA) is 76.1 Å². The minimum absolute atomic E-state index is 0.145. The third-order valence-corrected chi connectivity index (χ3v) is 5.67. The Morgan fingerprint density at radius 3 is 2.59 bits per heavy atom. The SMILES string of the molecule is O=C(O)COc1ccc(Cl)cc1C1c2ccc(F)cc2CCN1C(=O)OCc1cccc(F)c1. The number of hydrogen-bond donors (Lipinski definition) is 1. The van der Waals surface area contributed by atoms with E-state index in [1.807, 2.05) is 0 Å². The summed E-state index contributed by atoms with van der Waals surface area (Å²) in [7, 11) is 0. The monoisotopic (exact) mass is 487 g/mol. The summed E-state index contributed by atoms with van der Waals surface area (Å²) in [4.78, 5) is 25.7. The smallest absolute Gasteiger partial charge is 0.410 e. The van der Waals surface area contributed by atoms with Gasteiger partial charge < -0.3 is 14.6 Å². The van der Waals surface area contributed by atoms with Crippen LogP contribution in [0.5, 0.6) is 5.75 Å². The highest BCUT2D eigenvalue weighted by Crippen LogP contribution is 2.41. The fourth-order valence-electron chi connectivity index (χ4n) is 3.99. The summed E-state index contributed by atoms with van der Waals surface area (Å²) in [6, 6.07) is 13.9. The Balaban J connectivity index is 1.71. The Morgan fingerprint density at radius 1 is 1.03 bits per heavy atom. The lowest BCUT2D eigenvalue weighted by Gasteiger charge is -2.37. The van der Waals surface area contributed by atoms with E-state index < -0.39 is 36.3 Å². The molecule has 9 heteroatoms. The number of amides is 1. The van der Waals surface area contributed by atoms with Gasteiger partial charge in [0.05, 0.1) is 6.04 Å². The molecule has 176 valence electrons. The van der Waals surface area contributed by atoms with Crippen molar-refractivity contribution in [3.05, 3.63) is 99.6 Å². The second kappa shape index (κ2) is 10.1. The highest BCUT2D eigenvalue weighted by Gasteiger charge is 2.35. The predicted molar refractivity (Wildman–Crippen MR) is 120 cm³/mol. The number of carbonyl (C=O) groups excluding carboxylic acids is 1. The van der Waals surface area contributed by atoms with Crippen LogP contribution in [-0.2, 0) is 22.6 Å². The summed E-state index contributed by atoms with van der Waals surface area (Å²) >= 11 is 6.23. The molecule has 0 saturated heterocycles. The second-order valence-electron chi connectivity index (χ2n) is 7.74. The van der Waals surface area contributed by atoms with E-state index in [2.05, 4.69) is 0 Å². The molecular formula is C25H20ClF2NO5. The molecule has 0 fully saturated rings. The van der Waals surface area contributed by atoms with Gasteiger partial charge in [-0.3, -0.25) is 4.90 Å². The first kappa shape index (κ1) is 23.5. The van der Waals surface area contributed by atoms with E-state index in [4.69, 9.17) is 26.2 Å². The van der Waals surface area contributed by atoms with Gasteiger partial charge in [-0.2, -0.15) is 0 Å². The molecule has 1 atom stereocenters. The average Bonchev–Trinajstić information content (AvgIpc) is 2.80. The number of aliphatic carboxylic acids is 1. The summed E-state index contributed by atoms with van der Waals surface area (Å²) in [6.07, 6.45) is -0.293. The lowest BCUT2D eigenvalue weighted by atomic mass is 9.88. The van der Waals surface area contributed by atoms with Crippen LogP contribution in [0.4, 0.5) is 13.6 Å². The van der Waals surface area contributed by atoms with Gasteiger partial charge in [0.1, 0.15) is 24.0 Å². The molecular weight excluding hydrogens is 468 g/mol. The van der Waals surface area contributed by atoms with Gasteiger partial charge in [0, 0.05) is 17.1 Å². The normalized spacial score (nSPS) is 14.9. The predicted octanol–water partition coefficient (Wildman–Crippen LogP) is 5.37. The fourth-order valence-corrected chi connectivity index (χ4v) is 4.17. The van der Waals surface area contributed by atoms with Crippen LogP contribution in [-0.4, -0.2) is 35.2 Å². The Labute approximate surface area is 199 Å². The van der Waals surface area contributed by atoms with E-state index in [0.29, 0.717) is 33.7 Å². The number of carboxylic acid groups (broad SMARTS) is 1. The summed E-state index contributed by atoms with van der Waals surface area (Å²) in [5.74, 6) is -1.80. The largest absolute Gasteiger partial charge is 0.482 e. The van der Waals surface area contributed by atoms with E-state index in [1.54, 1.807) is 24.3 Å².